The topological polar surface area (TPSA) is 13.1 Å². The zero-order valence-electron chi connectivity index (χ0n) is 21.5. The lowest BCUT2D eigenvalue weighted by Gasteiger charge is -2.23. The van der Waals surface area contributed by atoms with Gasteiger partial charge in [0.15, 0.2) is 0 Å². The Morgan fingerprint density at radius 2 is 1.13 bits per heavy atom. The lowest BCUT2D eigenvalue weighted by Crippen LogP contribution is -2.15. The normalized spacial score (nSPS) is 13.7. The SMILES string of the molecule is CC1(C)c2cc(-c3ccccc3)ccc2-c2c1cc(-c1ccc3oc4ccccc4c3c1)c1ccccc21. The number of hydrogen-bond acceptors (Lipinski definition) is 1. The molecule has 0 fully saturated rings. The van der Waals surface area contributed by atoms with Crippen LogP contribution < -0.4 is 0 Å². The van der Waals surface area contributed by atoms with Gasteiger partial charge in [-0.05, 0) is 85.6 Å². The molecule has 0 atom stereocenters. The van der Waals surface area contributed by atoms with Crippen molar-refractivity contribution in [3.63, 3.8) is 0 Å². The van der Waals surface area contributed by atoms with Crippen LogP contribution in [0.3, 0.4) is 0 Å². The molecule has 0 saturated heterocycles. The average molecular weight is 487 g/mol. The number of fused-ring (bicyclic) bond motifs is 8. The molecule has 0 saturated carbocycles. The molecule has 180 valence electrons. The summed E-state index contributed by atoms with van der Waals surface area (Å²) in [6.07, 6.45) is 0. The molecule has 0 bridgehead atoms. The molecule has 7 aromatic rings. The van der Waals surface area contributed by atoms with Crippen LogP contribution in [-0.2, 0) is 5.41 Å². The molecule has 1 heteroatoms. The lowest BCUT2D eigenvalue weighted by molar-refractivity contribution is 0.661. The zero-order valence-corrected chi connectivity index (χ0v) is 21.5. The second-order valence-corrected chi connectivity index (χ2v) is 11.0. The zero-order chi connectivity index (χ0) is 25.4. The summed E-state index contributed by atoms with van der Waals surface area (Å²) in [6, 6.07) is 44.0. The van der Waals surface area contributed by atoms with Crippen LogP contribution in [0.4, 0.5) is 0 Å². The number of benzene rings is 6. The molecular formula is C37H26O. The Morgan fingerprint density at radius 3 is 1.97 bits per heavy atom. The molecule has 0 aliphatic heterocycles. The monoisotopic (exact) mass is 486 g/mol. The van der Waals surface area contributed by atoms with Gasteiger partial charge in [0.1, 0.15) is 11.2 Å². The first kappa shape index (κ1) is 21.5. The van der Waals surface area contributed by atoms with Gasteiger partial charge in [0.25, 0.3) is 0 Å². The fourth-order valence-electron chi connectivity index (χ4n) is 6.53. The van der Waals surface area contributed by atoms with Crippen molar-refractivity contribution in [2.75, 3.05) is 0 Å². The van der Waals surface area contributed by atoms with E-state index >= 15 is 0 Å². The Bertz CT molecular complexity index is 2040. The molecular weight excluding hydrogens is 460 g/mol. The maximum absolute atomic E-state index is 6.13. The largest absolute Gasteiger partial charge is 0.456 e. The van der Waals surface area contributed by atoms with Crippen molar-refractivity contribution in [1.82, 2.24) is 0 Å². The van der Waals surface area contributed by atoms with E-state index in [2.05, 4.69) is 123 Å². The standard InChI is InChI=1S/C37H26O/c1-37(2)32-21-24(23-10-4-3-5-11-23)16-18-29(32)36-28-14-7-6-12-26(28)30(22-33(36)37)25-17-19-35-31(20-25)27-13-8-9-15-34(27)38-35/h3-22H,1-2H3. The Morgan fingerprint density at radius 1 is 0.447 bits per heavy atom. The molecule has 0 radical (unpaired) electrons. The van der Waals surface area contributed by atoms with Crippen molar-refractivity contribution >= 4 is 32.7 Å². The second kappa shape index (κ2) is 7.69. The first-order valence-electron chi connectivity index (χ1n) is 13.3. The van der Waals surface area contributed by atoms with E-state index in [0.717, 1.165) is 21.9 Å². The highest BCUT2D eigenvalue weighted by atomic mass is 16.3. The molecule has 1 aliphatic rings. The third kappa shape index (κ3) is 2.93. The summed E-state index contributed by atoms with van der Waals surface area (Å²) in [5.74, 6) is 0. The van der Waals surface area contributed by atoms with Crippen molar-refractivity contribution in [2.45, 2.75) is 19.3 Å². The molecule has 38 heavy (non-hydrogen) atoms. The van der Waals surface area contributed by atoms with Crippen LogP contribution >= 0.6 is 0 Å². The van der Waals surface area contributed by atoms with Gasteiger partial charge >= 0.3 is 0 Å². The van der Waals surface area contributed by atoms with Gasteiger partial charge in [-0.25, -0.2) is 0 Å². The third-order valence-electron chi connectivity index (χ3n) is 8.48. The molecule has 0 amide bonds. The van der Waals surface area contributed by atoms with E-state index in [0.29, 0.717) is 0 Å². The van der Waals surface area contributed by atoms with Crippen molar-refractivity contribution in [3.05, 3.63) is 132 Å². The van der Waals surface area contributed by atoms with Gasteiger partial charge in [-0.1, -0.05) is 105 Å². The van der Waals surface area contributed by atoms with Crippen molar-refractivity contribution in [2.24, 2.45) is 0 Å². The number of hydrogen-bond donors (Lipinski definition) is 0. The minimum atomic E-state index is -0.110. The summed E-state index contributed by atoms with van der Waals surface area (Å²) in [5, 5.41) is 4.93. The van der Waals surface area contributed by atoms with Gasteiger partial charge in [0.2, 0.25) is 0 Å². The molecule has 1 aliphatic carbocycles. The predicted octanol–water partition coefficient (Wildman–Crippen LogP) is 10.4. The highest BCUT2D eigenvalue weighted by Crippen LogP contribution is 2.54. The Labute approximate surface area is 222 Å². The van der Waals surface area contributed by atoms with Gasteiger partial charge in [0, 0.05) is 16.2 Å². The Kier molecular flexibility index (Phi) is 4.35. The molecule has 6 aromatic carbocycles. The molecule has 0 spiro atoms. The second-order valence-electron chi connectivity index (χ2n) is 11.0. The van der Waals surface area contributed by atoms with E-state index in [9.17, 15) is 0 Å². The molecule has 1 heterocycles. The summed E-state index contributed by atoms with van der Waals surface area (Å²) >= 11 is 0. The number of furan rings is 1. The third-order valence-corrected chi connectivity index (χ3v) is 8.48. The van der Waals surface area contributed by atoms with Crippen LogP contribution in [-0.4, -0.2) is 0 Å². The first-order chi connectivity index (χ1) is 18.6. The maximum Gasteiger partial charge on any atom is 0.135 e. The van der Waals surface area contributed by atoms with Crippen LogP contribution in [0.1, 0.15) is 25.0 Å². The highest BCUT2D eigenvalue weighted by molar-refractivity contribution is 6.11. The fourth-order valence-corrected chi connectivity index (χ4v) is 6.53. The van der Waals surface area contributed by atoms with Crippen LogP contribution in [0, 0.1) is 0 Å². The quantitative estimate of drug-likeness (QED) is 0.237. The lowest BCUT2D eigenvalue weighted by atomic mass is 9.80. The summed E-state index contributed by atoms with van der Waals surface area (Å²) in [4.78, 5) is 0. The van der Waals surface area contributed by atoms with Crippen LogP contribution in [0.25, 0.3) is 66.1 Å². The first-order valence-corrected chi connectivity index (χ1v) is 13.3. The number of rotatable bonds is 2. The molecule has 0 N–H and O–H groups in total. The van der Waals surface area contributed by atoms with Crippen molar-refractivity contribution < 1.29 is 4.42 Å². The molecule has 1 aromatic heterocycles. The minimum absolute atomic E-state index is 0.110. The van der Waals surface area contributed by atoms with Crippen LogP contribution in [0.5, 0.6) is 0 Å². The molecule has 0 unspecified atom stereocenters. The average Bonchev–Trinajstić information content (AvgIpc) is 3.44. The van der Waals surface area contributed by atoms with E-state index in [1.54, 1.807) is 0 Å². The molecule has 8 rings (SSSR count). The van der Waals surface area contributed by atoms with E-state index < -0.39 is 0 Å². The van der Waals surface area contributed by atoms with Gasteiger partial charge in [-0.2, -0.15) is 0 Å². The van der Waals surface area contributed by atoms with Gasteiger partial charge in [-0.15, -0.1) is 0 Å². The number of para-hydroxylation sites is 1. The van der Waals surface area contributed by atoms with E-state index in [4.69, 9.17) is 4.42 Å². The predicted molar refractivity (Wildman–Crippen MR) is 160 cm³/mol. The Balaban J connectivity index is 1.38. The molecule has 1 nitrogen and oxygen atoms in total. The maximum atomic E-state index is 6.13. The van der Waals surface area contributed by atoms with Crippen molar-refractivity contribution in [3.8, 4) is 33.4 Å². The Hall–Kier alpha value is -4.62. The van der Waals surface area contributed by atoms with Crippen LogP contribution in [0.2, 0.25) is 0 Å². The summed E-state index contributed by atoms with van der Waals surface area (Å²) in [5.41, 5.74) is 12.3. The van der Waals surface area contributed by atoms with Gasteiger partial charge < -0.3 is 4.42 Å². The highest BCUT2D eigenvalue weighted by Gasteiger charge is 2.37. The van der Waals surface area contributed by atoms with E-state index in [1.807, 2.05) is 12.1 Å². The van der Waals surface area contributed by atoms with Crippen molar-refractivity contribution in [1.29, 1.82) is 0 Å². The van der Waals surface area contributed by atoms with E-state index in [-0.39, 0.29) is 5.41 Å². The minimum Gasteiger partial charge on any atom is -0.456 e. The summed E-state index contributed by atoms with van der Waals surface area (Å²) in [6.45, 7) is 4.75. The van der Waals surface area contributed by atoms with E-state index in [1.165, 1.54) is 55.3 Å². The summed E-state index contributed by atoms with van der Waals surface area (Å²) in [7, 11) is 0. The van der Waals surface area contributed by atoms with Crippen LogP contribution in [0.15, 0.2) is 126 Å². The van der Waals surface area contributed by atoms with Gasteiger partial charge in [-0.3, -0.25) is 0 Å². The van der Waals surface area contributed by atoms with Gasteiger partial charge in [0.05, 0.1) is 0 Å². The summed E-state index contributed by atoms with van der Waals surface area (Å²) < 4.78 is 6.13. The smallest absolute Gasteiger partial charge is 0.135 e. The fraction of sp³-hybridized carbons (Fsp3) is 0.0811.